The fourth-order valence-corrected chi connectivity index (χ4v) is 2.98. The van der Waals surface area contributed by atoms with E-state index in [0.717, 1.165) is 46.5 Å². The molecule has 1 aliphatic carbocycles. The Morgan fingerprint density at radius 1 is 1.40 bits per heavy atom. The molecular weight excluding hydrogens is 314 g/mol. The summed E-state index contributed by atoms with van der Waals surface area (Å²) in [6, 6.07) is 6.18. The lowest BCUT2D eigenvalue weighted by molar-refractivity contribution is 0.710. The molecule has 3 nitrogen and oxygen atoms in total. The minimum absolute atomic E-state index is 0.792. The second-order valence-electron chi connectivity index (χ2n) is 5.61. The Balaban J connectivity index is 2.06. The van der Waals surface area contributed by atoms with Crippen LogP contribution in [0, 0.1) is 5.92 Å². The Morgan fingerprint density at radius 2 is 2.20 bits per heavy atom. The van der Waals surface area contributed by atoms with Crippen molar-refractivity contribution >= 4 is 38.2 Å². The Morgan fingerprint density at radius 3 is 2.90 bits per heavy atom. The van der Waals surface area contributed by atoms with Gasteiger partial charge >= 0.3 is 0 Å². The number of pyridine rings is 1. The highest BCUT2D eigenvalue weighted by Crippen LogP contribution is 2.35. The molecule has 0 unspecified atom stereocenters. The number of fused-ring (bicyclic) bond motifs is 1. The zero-order valence-corrected chi connectivity index (χ0v) is 13.4. The summed E-state index contributed by atoms with van der Waals surface area (Å²) in [5, 5.41) is 1.04. The van der Waals surface area contributed by atoms with E-state index in [2.05, 4.69) is 44.9 Å². The van der Waals surface area contributed by atoms with Crippen LogP contribution in [0.1, 0.15) is 26.2 Å². The normalized spacial score (nSPS) is 14.7. The van der Waals surface area contributed by atoms with Crippen molar-refractivity contribution in [3.05, 3.63) is 28.9 Å². The number of rotatable bonds is 5. The minimum Gasteiger partial charge on any atom is -0.398 e. The summed E-state index contributed by atoms with van der Waals surface area (Å²) in [5.74, 6) is 0.865. The van der Waals surface area contributed by atoms with Crippen molar-refractivity contribution in [2.24, 2.45) is 5.92 Å². The van der Waals surface area contributed by atoms with Gasteiger partial charge in [0.15, 0.2) is 0 Å². The van der Waals surface area contributed by atoms with E-state index in [-0.39, 0.29) is 0 Å². The van der Waals surface area contributed by atoms with Crippen LogP contribution in [-0.4, -0.2) is 18.1 Å². The van der Waals surface area contributed by atoms with Gasteiger partial charge in [-0.1, -0.05) is 6.92 Å². The lowest BCUT2D eigenvalue weighted by atomic mass is 10.1. The molecule has 20 heavy (non-hydrogen) atoms. The van der Waals surface area contributed by atoms with Gasteiger partial charge in [-0.25, -0.2) is 0 Å². The van der Waals surface area contributed by atoms with Crippen molar-refractivity contribution in [1.29, 1.82) is 0 Å². The van der Waals surface area contributed by atoms with Crippen LogP contribution >= 0.6 is 15.9 Å². The number of hydrogen-bond acceptors (Lipinski definition) is 3. The van der Waals surface area contributed by atoms with Crippen molar-refractivity contribution in [2.45, 2.75) is 26.2 Å². The SMILES string of the molecule is CCCN(CC1CC1)c1ccc(N)c2cc(Br)cnc12. The van der Waals surface area contributed by atoms with E-state index in [1.807, 2.05) is 12.3 Å². The Hall–Kier alpha value is -1.29. The molecule has 1 saturated carbocycles. The second-order valence-corrected chi connectivity index (χ2v) is 6.53. The number of nitrogen functional groups attached to an aromatic ring is 1. The molecule has 1 aromatic carbocycles. The van der Waals surface area contributed by atoms with Crippen LogP contribution < -0.4 is 10.6 Å². The predicted molar refractivity (Wildman–Crippen MR) is 89.1 cm³/mol. The van der Waals surface area contributed by atoms with E-state index in [1.165, 1.54) is 18.5 Å². The van der Waals surface area contributed by atoms with Gasteiger partial charge in [-0.05, 0) is 59.3 Å². The molecule has 0 aliphatic heterocycles. The van der Waals surface area contributed by atoms with Gasteiger partial charge in [-0.3, -0.25) is 4.98 Å². The minimum atomic E-state index is 0.792. The smallest absolute Gasteiger partial charge is 0.0956 e. The first-order valence-electron chi connectivity index (χ1n) is 7.27. The molecular formula is C16H20BrN3. The molecule has 1 aromatic heterocycles. The average molecular weight is 334 g/mol. The standard InChI is InChI=1S/C16H20BrN3/c1-2-7-20(10-11-3-4-11)15-6-5-14(18)13-8-12(17)9-19-16(13)15/h5-6,8-9,11H,2-4,7,10,18H2,1H3. The summed E-state index contributed by atoms with van der Waals surface area (Å²) >= 11 is 3.48. The van der Waals surface area contributed by atoms with E-state index >= 15 is 0 Å². The van der Waals surface area contributed by atoms with Gasteiger partial charge in [-0.2, -0.15) is 0 Å². The first kappa shape index (κ1) is 13.7. The zero-order valence-electron chi connectivity index (χ0n) is 11.8. The molecule has 1 heterocycles. The fourth-order valence-electron chi connectivity index (χ4n) is 2.65. The zero-order chi connectivity index (χ0) is 14.1. The first-order chi connectivity index (χ1) is 9.69. The van der Waals surface area contributed by atoms with Crippen molar-refractivity contribution in [3.63, 3.8) is 0 Å². The number of anilines is 2. The van der Waals surface area contributed by atoms with Gasteiger partial charge in [0.05, 0.1) is 11.2 Å². The molecule has 106 valence electrons. The number of benzene rings is 1. The summed E-state index contributed by atoms with van der Waals surface area (Å²) in [5.41, 5.74) is 9.13. The second kappa shape index (κ2) is 5.60. The van der Waals surface area contributed by atoms with E-state index in [4.69, 9.17) is 5.73 Å². The van der Waals surface area contributed by atoms with E-state index < -0.39 is 0 Å². The number of aromatic nitrogens is 1. The predicted octanol–water partition coefficient (Wildman–Crippen LogP) is 4.21. The summed E-state index contributed by atoms with van der Waals surface area (Å²) < 4.78 is 0.970. The molecule has 0 saturated heterocycles. The van der Waals surface area contributed by atoms with Crippen molar-refractivity contribution in [1.82, 2.24) is 4.98 Å². The van der Waals surface area contributed by atoms with Crippen LogP contribution in [0.5, 0.6) is 0 Å². The Bertz CT molecular complexity index is 622. The van der Waals surface area contributed by atoms with Crippen LogP contribution in [0.4, 0.5) is 11.4 Å². The third kappa shape index (κ3) is 2.75. The first-order valence-corrected chi connectivity index (χ1v) is 8.07. The number of nitrogens with zero attached hydrogens (tertiary/aromatic N) is 2. The van der Waals surface area contributed by atoms with E-state index in [1.54, 1.807) is 0 Å². The van der Waals surface area contributed by atoms with Crippen LogP contribution in [0.15, 0.2) is 28.9 Å². The highest BCUT2D eigenvalue weighted by atomic mass is 79.9. The highest BCUT2D eigenvalue weighted by molar-refractivity contribution is 9.10. The van der Waals surface area contributed by atoms with Gasteiger partial charge in [0.2, 0.25) is 0 Å². The Kier molecular flexibility index (Phi) is 3.83. The maximum atomic E-state index is 6.10. The molecule has 0 spiro atoms. The van der Waals surface area contributed by atoms with Gasteiger partial charge in [0.25, 0.3) is 0 Å². The third-order valence-corrected chi connectivity index (χ3v) is 4.27. The average Bonchev–Trinajstić information content (AvgIpc) is 3.23. The molecule has 0 bridgehead atoms. The number of hydrogen-bond donors (Lipinski definition) is 1. The van der Waals surface area contributed by atoms with Crippen LogP contribution in [-0.2, 0) is 0 Å². The lowest BCUT2D eigenvalue weighted by Gasteiger charge is -2.25. The summed E-state index contributed by atoms with van der Waals surface area (Å²) in [4.78, 5) is 7.08. The number of nitrogens with two attached hydrogens (primary N) is 1. The summed E-state index contributed by atoms with van der Waals surface area (Å²) in [7, 11) is 0. The maximum Gasteiger partial charge on any atom is 0.0956 e. The van der Waals surface area contributed by atoms with Crippen LogP contribution in [0.3, 0.4) is 0 Å². The molecule has 0 amide bonds. The molecule has 4 heteroatoms. The monoisotopic (exact) mass is 333 g/mol. The van der Waals surface area contributed by atoms with E-state index in [0.29, 0.717) is 0 Å². The largest absolute Gasteiger partial charge is 0.398 e. The summed E-state index contributed by atoms with van der Waals surface area (Å²) in [6.45, 7) is 4.45. The topological polar surface area (TPSA) is 42.1 Å². The van der Waals surface area contributed by atoms with Crippen molar-refractivity contribution in [2.75, 3.05) is 23.7 Å². The van der Waals surface area contributed by atoms with Crippen molar-refractivity contribution < 1.29 is 0 Å². The molecule has 1 fully saturated rings. The number of halogens is 1. The van der Waals surface area contributed by atoms with Crippen LogP contribution in [0.2, 0.25) is 0 Å². The lowest BCUT2D eigenvalue weighted by Crippen LogP contribution is -2.26. The van der Waals surface area contributed by atoms with Crippen molar-refractivity contribution in [3.8, 4) is 0 Å². The summed E-state index contributed by atoms with van der Waals surface area (Å²) in [6.07, 6.45) is 5.74. The van der Waals surface area contributed by atoms with Gasteiger partial charge in [-0.15, -0.1) is 0 Å². The highest BCUT2D eigenvalue weighted by Gasteiger charge is 2.25. The van der Waals surface area contributed by atoms with Crippen LogP contribution in [0.25, 0.3) is 10.9 Å². The van der Waals surface area contributed by atoms with E-state index in [9.17, 15) is 0 Å². The van der Waals surface area contributed by atoms with Gasteiger partial charge < -0.3 is 10.6 Å². The molecule has 3 rings (SSSR count). The molecule has 0 atom stereocenters. The molecule has 1 aliphatic rings. The Labute approximate surface area is 128 Å². The molecule has 0 radical (unpaired) electrons. The fraction of sp³-hybridized carbons (Fsp3) is 0.438. The van der Waals surface area contributed by atoms with Gasteiger partial charge in [0.1, 0.15) is 0 Å². The molecule has 2 aromatic rings. The maximum absolute atomic E-state index is 6.10. The van der Waals surface area contributed by atoms with Gasteiger partial charge in [0, 0.05) is 34.8 Å². The molecule has 2 N–H and O–H groups in total. The quantitative estimate of drug-likeness (QED) is 0.833. The third-order valence-electron chi connectivity index (χ3n) is 3.84.